The molecule has 1 radical (unpaired) electrons. The van der Waals surface area contributed by atoms with E-state index in [0.717, 1.165) is 0 Å². The Hall–Kier alpha value is 0.204. The van der Waals surface area contributed by atoms with Crippen molar-refractivity contribution < 1.29 is 81.9 Å². The summed E-state index contributed by atoms with van der Waals surface area (Å²) in [6.07, 6.45) is -6.82. The van der Waals surface area contributed by atoms with Gasteiger partial charge in [-0.3, -0.25) is 9.59 Å². The van der Waals surface area contributed by atoms with E-state index in [1.54, 1.807) is 0 Å². The van der Waals surface area contributed by atoms with Gasteiger partial charge in [-0.1, -0.05) is 0 Å². The van der Waals surface area contributed by atoms with E-state index in [1.165, 1.54) is 0 Å². The van der Waals surface area contributed by atoms with Gasteiger partial charge >= 0.3 is 106 Å². The van der Waals surface area contributed by atoms with E-state index in [4.69, 9.17) is 40.9 Å². The third-order valence-corrected chi connectivity index (χ3v) is 2.09. The first-order valence-corrected chi connectivity index (χ1v) is 5.45. The van der Waals surface area contributed by atoms with Crippen LogP contribution in [0.2, 0.25) is 0 Å². The summed E-state index contributed by atoms with van der Waals surface area (Å²) in [5, 5.41) is 66.3. The Balaban J connectivity index is -0.000000104. The van der Waals surface area contributed by atoms with Gasteiger partial charge in [-0.2, -0.15) is 0 Å². The number of carboxylic acids is 5. The van der Waals surface area contributed by atoms with Crippen LogP contribution in [-0.4, -0.2) is 164 Å². The minimum absolute atomic E-state index is 0. The maximum absolute atomic E-state index is 10.3. The van der Waals surface area contributed by atoms with Gasteiger partial charge in [-0.05, 0) is 0 Å². The van der Waals surface area contributed by atoms with E-state index < -0.39 is 60.5 Å². The molecule has 153 valence electrons. The third kappa shape index (κ3) is 16.4. The zero-order valence-electron chi connectivity index (χ0n) is 12.2. The van der Waals surface area contributed by atoms with Gasteiger partial charge in [0.2, 0.25) is 0 Å². The normalized spacial score (nSPS) is 11.5. The number of carboxylic acid groups (broad SMARTS) is 5. The van der Waals surface area contributed by atoms with Crippen molar-refractivity contribution >= 4 is 106 Å². The Morgan fingerprint density at radius 1 is 0.731 bits per heavy atom. The van der Waals surface area contributed by atoms with Crippen molar-refractivity contribution in [2.45, 2.75) is 30.7 Å². The van der Waals surface area contributed by atoms with Gasteiger partial charge in [-0.25, -0.2) is 14.4 Å². The molecule has 0 aromatic rings. The molecule has 0 spiro atoms. The second-order valence-electron chi connectivity index (χ2n) is 4.04. The van der Waals surface area contributed by atoms with Crippen LogP contribution >= 0.6 is 0 Å². The summed E-state index contributed by atoms with van der Waals surface area (Å²) in [6.45, 7) is 0. The topological polar surface area (TPSA) is 247 Å². The van der Waals surface area contributed by atoms with E-state index in [0.29, 0.717) is 0 Å². The predicted molar refractivity (Wildman–Crippen MR) is 81.5 cm³/mol. The van der Waals surface area contributed by atoms with E-state index in [9.17, 15) is 24.0 Å². The summed E-state index contributed by atoms with van der Waals surface area (Å²) < 4.78 is 0. The average molecular weight is 571 g/mol. The molecule has 0 fully saturated rings. The van der Waals surface area contributed by atoms with Crippen molar-refractivity contribution in [3.05, 3.63) is 0 Å². The van der Waals surface area contributed by atoms with Gasteiger partial charge in [0.15, 0.2) is 17.8 Å². The fourth-order valence-corrected chi connectivity index (χ4v) is 0.984. The van der Waals surface area contributed by atoms with Crippen molar-refractivity contribution in [3.63, 3.8) is 0 Å². The van der Waals surface area contributed by atoms with Crippen LogP contribution in [-0.2, 0) is 41.0 Å². The number of hydrogen-bond acceptors (Lipinski definition) is 8. The molecule has 0 aromatic heterocycles. The summed E-state index contributed by atoms with van der Waals surface area (Å²) >= 11 is 0. The molecular formula is C10H18CuKO13Sb. The van der Waals surface area contributed by atoms with Gasteiger partial charge in [-0.15, -0.1) is 0 Å². The SMILES string of the molecule is O=C(O)C(O)C(O)C(=O)O.O=C(O)CC(O)(CC(=O)O)C(=O)O.[Cu].[KH].[SbH3]. The predicted octanol–water partition coefficient (Wildman–Crippen LogP) is -5.21. The molecule has 0 aliphatic carbocycles. The first kappa shape index (κ1) is 37.0. The van der Waals surface area contributed by atoms with Gasteiger partial charge in [0.05, 0.1) is 12.8 Å². The number of carbonyl (C=O) groups is 5. The van der Waals surface area contributed by atoms with Crippen molar-refractivity contribution in [2.24, 2.45) is 0 Å². The molecule has 0 aliphatic rings. The third-order valence-electron chi connectivity index (χ3n) is 2.09. The Labute approximate surface area is 215 Å². The zero-order chi connectivity index (χ0) is 19.0. The van der Waals surface area contributed by atoms with Crippen LogP contribution in [0.4, 0.5) is 0 Å². The number of aliphatic hydroxyl groups excluding tert-OH is 2. The number of aliphatic hydroxyl groups is 3. The molecule has 0 saturated carbocycles. The molecule has 0 saturated heterocycles. The molecule has 0 aliphatic heterocycles. The zero-order valence-corrected chi connectivity index (χ0v) is 17.2. The molecule has 0 amide bonds. The van der Waals surface area contributed by atoms with Crippen molar-refractivity contribution in [1.29, 1.82) is 0 Å². The first-order valence-electron chi connectivity index (χ1n) is 5.45. The number of hydrogen-bond donors (Lipinski definition) is 8. The standard InChI is InChI=1S/C6H8O7.C4H6O6.Cu.K.Sb.4H/c7-3(8)1-6(13,5(11)12)2-4(9)10;5-1(3(7)8)2(6)4(9)10;;;;;;;/h13H,1-2H2,(H,7,8)(H,9,10)(H,11,12);1-2,5-6H,(H,7,8)(H,9,10);;;;;;;. The molecule has 26 heavy (non-hydrogen) atoms. The van der Waals surface area contributed by atoms with Gasteiger partial charge in [0, 0.05) is 17.1 Å². The Morgan fingerprint density at radius 3 is 1.08 bits per heavy atom. The second-order valence-corrected chi connectivity index (χ2v) is 4.04. The fourth-order valence-electron chi connectivity index (χ4n) is 0.984. The van der Waals surface area contributed by atoms with Crippen molar-refractivity contribution in [3.8, 4) is 0 Å². The molecular weight excluding hydrogens is 553 g/mol. The molecule has 16 heteroatoms. The molecule has 0 heterocycles. The van der Waals surface area contributed by atoms with Gasteiger partial charge < -0.3 is 40.9 Å². The quantitative estimate of drug-likeness (QED) is 0.127. The van der Waals surface area contributed by atoms with Crippen LogP contribution in [0, 0.1) is 0 Å². The minimum atomic E-state index is -2.74. The van der Waals surface area contributed by atoms with Gasteiger partial charge in [0.25, 0.3) is 0 Å². The van der Waals surface area contributed by atoms with Crippen LogP contribution in [0.3, 0.4) is 0 Å². The Kier molecular flexibility index (Phi) is 24.7. The van der Waals surface area contributed by atoms with Crippen LogP contribution in [0.1, 0.15) is 12.8 Å². The molecule has 2 atom stereocenters. The molecule has 2 unspecified atom stereocenters. The summed E-state index contributed by atoms with van der Waals surface area (Å²) in [6, 6.07) is 0. The van der Waals surface area contributed by atoms with Gasteiger partial charge in [0.1, 0.15) is 0 Å². The molecule has 0 bridgehead atoms. The van der Waals surface area contributed by atoms with Crippen LogP contribution in [0.25, 0.3) is 0 Å². The number of rotatable bonds is 8. The Morgan fingerprint density at radius 2 is 0.962 bits per heavy atom. The van der Waals surface area contributed by atoms with Crippen LogP contribution in [0.5, 0.6) is 0 Å². The summed E-state index contributed by atoms with van der Waals surface area (Å²) in [7, 11) is 0. The number of aliphatic carboxylic acids is 5. The summed E-state index contributed by atoms with van der Waals surface area (Å²) in [5.41, 5.74) is -2.74. The molecule has 0 aromatic carbocycles. The monoisotopic (exact) mass is 569 g/mol. The van der Waals surface area contributed by atoms with E-state index in [2.05, 4.69) is 0 Å². The Bertz CT molecular complexity index is 465. The maximum atomic E-state index is 10.3. The van der Waals surface area contributed by atoms with Crippen molar-refractivity contribution in [1.82, 2.24) is 0 Å². The van der Waals surface area contributed by atoms with E-state index in [1.807, 2.05) is 0 Å². The summed E-state index contributed by atoms with van der Waals surface area (Å²) in [4.78, 5) is 50.0. The van der Waals surface area contributed by atoms with Crippen molar-refractivity contribution in [2.75, 3.05) is 0 Å². The first-order chi connectivity index (χ1) is 10.2. The molecule has 0 rings (SSSR count). The van der Waals surface area contributed by atoms with E-state index >= 15 is 0 Å². The summed E-state index contributed by atoms with van der Waals surface area (Å²) in [5.74, 6) is -8.56. The van der Waals surface area contributed by atoms with Crippen LogP contribution in [0.15, 0.2) is 0 Å². The second kappa shape index (κ2) is 17.3. The average Bonchev–Trinajstić information content (AvgIpc) is 2.35. The molecule has 8 N–H and O–H groups in total. The molecule has 13 nitrogen and oxygen atoms in total. The fraction of sp³-hybridized carbons (Fsp3) is 0.500. The van der Waals surface area contributed by atoms with E-state index in [-0.39, 0.29) is 92.9 Å². The van der Waals surface area contributed by atoms with Crippen LogP contribution < -0.4 is 0 Å².